The van der Waals surface area contributed by atoms with Crippen molar-refractivity contribution in [3.05, 3.63) is 48.3 Å². The van der Waals surface area contributed by atoms with Crippen molar-refractivity contribution in [2.24, 2.45) is 7.05 Å². The van der Waals surface area contributed by atoms with Crippen molar-refractivity contribution in [2.75, 3.05) is 5.75 Å². The molecular formula is C12H14N2OS. The predicted molar refractivity (Wildman–Crippen MR) is 64.6 cm³/mol. The highest BCUT2D eigenvalue weighted by molar-refractivity contribution is 7.84. The van der Waals surface area contributed by atoms with E-state index >= 15 is 0 Å². The Hall–Kier alpha value is -1.42. The molecule has 0 saturated heterocycles. The molecule has 0 saturated carbocycles. The van der Waals surface area contributed by atoms with E-state index < -0.39 is 10.8 Å². The summed E-state index contributed by atoms with van der Waals surface area (Å²) in [5.41, 5.74) is 1.21. The molecule has 3 nitrogen and oxygen atoms in total. The van der Waals surface area contributed by atoms with E-state index in [1.807, 2.05) is 31.4 Å². The summed E-state index contributed by atoms with van der Waals surface area (Å²) in [7, 11) is 0.851. The molecule has 2 aromatic rings. The zero-order chi connectivity index (χ0) is 11.4. The third-order valence-corrected chi connectivity index (χ3v) is 3.78. The lowest BCUT2D eigenvalue weighted by molar-refractivity contribution is 0.664. The van der Waals surface area contributed by atoms with E-state index in [2.05, 4.69) is 17.1 Å². The second-order valence-corrected chi connectivity index (χ2v) is 5.07. The van der Waals surface area contributed by atoms with Crippen LogP contribution in [0.4, 0.5) is 0 Å². The Labute approximate surface area is 97.6 Å². The zero-order valence-electron chi connectivity index (χ0n) is 9.17. The highest BCUT2D eigenvalue weighted by Crippen LogP contribution is 2.06. The van der Waals surface area contributed by atoms with E-state index in [4.69, 9.17) is 0 Å². The van der Waals surface area contributed by atoms with E-state index in [-0.39, 0.29) is 0 Å². The number of hydrogen-bond acceptors (Lipinski definition) is 2. The molecule has 0 amide bonds. The molecule has 1 unspecified atom stereocenters. The number of nitrogens with zero attached hydrogens (tertiary/aromatic N) is 2. The van der Waals surface area contributed by atoms with Gasteiger partial charge in [-0.1, -0.05) is 30.3 Å². The Morgan fingerprint density at radius 2 is 2.06 bits per heavy atom. The molecule has 1 atom stereocenters. The van der Waals surface area contributed by atoms with Gasteiger partial charge in [0.05, 0.1) is 10.8 Å². The fourth-order valence-corrected chi connectivity index (χ4v) is 2.68. The molecule has 0 N–H and O–H groups in total. The number of benzene rings is 1. The summed E-state index contributed by atoms with van der Waals surface area (Å²) in [6.45, 7) is 0. The van der Waals surface area contributed by atoms with Crippen LogP contribution in [0.3, 0.4) is 0 Å². The fourth-order valence-electron chi connectivity index (χ4n) is 1.52. The minimum absolute atomic E-state index is 0.620. The minimum Gasteiger partial charge on any atom is -0.327 e. The molecule has 0 bridgehead atoms. The Bertz CT molecular complexity index is 479. The first-order valence-corrected chi connectivity index (χ1v) is 6.49. The van der Waals surface area contributed by atoms with Crippen LogP contribution in [0.5, 0.6) is 0 Å². The van der Waals surface area contributed by atoms with Crippen LogP contribution < -0.4 is 0 Å². The number of rotatable bonds is 4. The molecule has 0 aliphatic heterocycles. The number of hydrogen-bond donors (Lipinski definition) is 0. The van der Waals surface area contributed by atoms with Gasteiger partial charge in [0, 0.05) is 25.2 Å². The monoisotopic (exact) mass is 234 g/mol. The third kappa shape index (κ3) is 2.58. The standard InChI is InChI=1S/C12H14N2OS/c1-14-9-8-13-12(14)16(15)10-7-11-5-3-2-4-6-11/h2-6,8-9H,7,10H2,1H3. The van der Waals surface area contributed by atoms with Crippen molar-refractivity contribution in [1.29, 1.82) is 0 Å². The van der Waals surface area contributed by atoms with Gasteiger partial charge in [0.15, 0.2) is 5.16 Å². The summed E-state index contributed by atoms with van der Waals surface area (Å²) in [5, 5.41) is 0.649. The van der Waals surface area contributed by atoms with Crippen LogP contribution in [0.1, 0.15) is 5.56 Å². The molecule has 0 spiro atoms. The molecule has 0 radical (unpaired) electrons. The molecule has 1 aromatic carbocycles. The normalized spacial score (nSPS) is 12.6. The predicted octanol–water partition coefficient (Wildman–Crippen LogP) is 1.77. The zero-order valence-corrected chi connectivity index (χ0v) is 9.98. The van der Waals surface area contributed by atoms with Gasteiger partial charge in [0.25, 0.3) is 0 Å². The van der Waals surface area contributed by atoms with Gasteiger partial charge in [-0.25, -0.2) is 4.98 Å². The van der Waals surface area contributed by atoms with Crippen LogP contribution >= 0.6 is 0 Å². The summed E-state index contributed by atoms with van der Waals surface area (Å²) in [6.07, 6.45) is 4.31. The van der Waals surface area contributed by atoms with Gasteiger partial charge in [-0.15, -0.1) is 0 Å². The van der Waals surface area contributed by atoms with Gasteiger partial charge in [0.1, 0.15) is 0 Å². The lowest BCUT2D eigenvalue weighted by atomic mass is 10.2. The summed E-state index contributed by atoms with van der Waals surface area (Å²) in [5.74, 6) is 0.620. The molecule has 0 aliphatic carbocycles. The largest absolute Gasteiger partial charge is 0.327 e. The molecule has 0 aliphatic rings. The maximum atomic E-state index is 11.9. The van der Waals surface area contributed by atoms with Crippen LogP contribution in [-0.4, -0.2) is 19.5 Å². The second-order valence-electron chi connectivity index (χ2n) is 3.61. The smallest absolute Gasteiger partial charge is 0.198 e. The molecule has 16 heavy (non-hydrogen) atoms. The van der Waals surface area contributed by atoms with Crippen molar-refractivity contribution in [2.45, 2.75) is 11.6 Å². The maximum Gasteiger partial charge on any atom is 0.198 e. The lowest BCUT2D eigenvalue weighted by Gasteiger charge is -2.02. The Morgan fingerprint density at radius 1 is 1.31 bits per heavy atom. The van der Waals surface area contributed by atoms with Gasteiger partial charge in [0.2, 0.25) is 0 Å². The van der Waals surface area contributed by atoms with Gasteiger partial charge in [-0.2, -0.15) is 0 Å². The summed E-state index contributed by atoms with van der Waals surface area (Å²) >= 11 is 0. The van der Waals surface area contributed by atoms with Crippen LogP contribution in [0.2, 0.25) is 0 Å². The third-order valence-electron chi connectivity index (χ3n) is 2.40. The van der Waals surface area contributed by atoms with Crippen molar-refractivity contribution in [3.63, 3.8) is 0 Å². The average Bonchev–Trinajstić information content (AvgIpc) is 2.74. The van der Waals surface area contributed by atoms with Crippen LogP contribution in [0.15, 0.2) is 47.9 Å². The van der Waals surface area contributed by atoms with Gasteiger partial charge in [-0.3, -0.25) is 4.21 Å². The van der Waals surface area contributed by atoms with Crippen molar-refractivity contribution < 1.29 is 4.21 Å². The summed E-state index contributed by atoms with van der Waals surface area (Å²) in [6, 6.07) is 10.1. The van der Waals surface area contributed by atoms with E-state index in [9.17, 15) is 4.21 Å². The molecule has 4 heteroatoms. The van der Waals surface area contributed by atoms with Crippen molar-refractivity contribution in [3.8, 4) is 0 Å². The summed E-state index contributed by atoms with van der Waals surface area (Å²) < 4.78 is 13.7. The SMILES string of the molecule is Cn1ccnc1S(=O)CCc1ccccc1. The highest BCUT2D eigenvalue weighted by Gasteiger charge is 2.08. The van der Waals surface area contributed by atoms with Gasteiger partial charge >= 0.3 is 0 Å². The maximum absolute atomic E-state index is 11.9. The number of aromatic nitrogens is 2. The van der Waals surface area contributed by atoms with Gasteiger partial charge < -0.3 is 4.57 Å². The molecule has 1 aromatic heterocycles. The Balaban J connectivity index is 1.97. The number of imidazole rings is 1. The van der Waals surface area contributed by atoms with E-state index in [1.165, 1.54) is 5.56 Å². The van der Waals surface area contributed by atoms with E-state index in [0.717, 1.165) is 6.42 Å². The molecule has 2 rings (SSSR count). The first-order valence-electron chi connectivity index (χ1n) is 5.17. The lowest BCUT2D eigenvalue weighted by Crippen LogP contribution is -2.07. The molecule has 1 heterocycles. The molecule has 0 fully saturated rings. The highest BCUT2D eigenvalue weighted by atomic mass is 32.2. The topological polar surface area (TPSA) is 34.9 Å². The van der Waals surface area contributed by atoms with E-state index in [1.54, 1.807) is 10.8 Å². The first kappa shape index (κ1) is 11.1. The van der Waals surface area contributed by atoms with Crippen LogP contribution in [0.25, 0.3) is 0 Å². The fraction of sp³-hybridized carbons (Fsp3) is 0.250. The first-order chi connectivity index (χ1) is 7.77. The molecular weight excluding hydrogens is 220 g/mol. The number of aryl methyl sites for hydroxylation is 2. The molecule has 84 valence electrons. The van der Waals surface area contributed by atoms with Crippen molar-refractivity contribution >= 4 is 10.8 Å². The summed E-state index contributed by atoms with van der Waals surface area (Å²) in [4.78, 5) is 4.09. The van der Waals surface area contributed by atoms with E-state index in [0.29, 0.717) is 10.9 Å². The second kappa shape index (κ2) is 5.07. The average molecular weight is 234 g/mol. The van der Waals surface area contributed by atoms with Gasteiger partial charge in [-0.05, 0) is 12.0 Å². The Morgan fingerprint density at radius 3 is 2.69 bits per heavy atom. The minimum atomic E-state index is -1.01. The van der Waals surface area contributed by atoms with Crippen LogP contribution in [-0.2, 0) is 24.3 Å². The quantitative estimate of drug-likeness (QED) is 0.808. The van der Waals surface area contributed by atoms with Crippen molar-refractivity contribution in [1.82, 2.24) is 9.55 Å². The van der Waals surface area contributed by atoms with Crippen LogP contribution in [0, 0.1) is 0 Å². The Kier molecular flexibility index (Phi) is 3.51.